The van der Waals surface area contributed by atoms with Gasteiger partial charge in [-0.25, -0.2) is 0 Å². The second-order valence-electron chi connectivity index (χ2n) is 7.05. The molecule has 2 rings (SSSR count). The van der Waals surface area contributed by atoms with E-state index in [0.717, 1.165) is 10.0 Å². The van der Waals surface area contributed by atoms with Gasteiger partial charge in [0.25, 0.3) is 11.8 Å². The van der Waals surface area contributed by atoms with Crippen molar-refractivity contribution in [1.82, 2.24) is 5.32 Å². The van der Waals surface area contributed by atoms with Crippen molar-refractivity contribution < 1.29 is 14.3 Å². The lowest BCUT2D eigenvalue weighted by atomic mass is 10.1. The maximum absolute atomic E-state index is 12.1. The van der Waals surface area contributed by atoms with Crippen molar-refractivity contribution in [2.24, 2.45) is 0 Å². The number of anilines is 1. The van der Waals surface area contributed by atoms with Gasteiger partial charge in [0.1, 0.15) is 5.75 Å². The molecule has 0 saturated heterocycles. The maximum Gasteiger partial charge on any atom is 0.262 e. The van der Waals surface area contributed by atoms with Crippen molar-refractivity contribution in [1.29, 1.82) is 0 Å². The van der Waals surface area contributed by atoms with E-state index in [1.165, 1.54) is 0 Å². The van der Waals surface area contributed by atoms with Gasteiger partial charge in [0.2, 0.25) is 0 Å². The Bertz CT molecular complexity index is 796. The summed E-state index contributed by atoms with van der Waals surface area (Å²) in [6.45, 7) is 7.64. The van der Waals surface area contributed by atoms with E-state index in [1.807, 2.05) is 45.9 Å². The third-order valence-electron chi connectivity index (χ3n) is 3.37. The number of carbonyl (C=O) groups excluding carboxylic acids is 2. The van der Waals surface area contributed by atoms with Gasteiger partial charge in [-0.2, -0.15) is 0 Å². The van der Waals surface area contributed by atoms with Gasteiger partial charge in [0.15, 0.2) is 6.61 Å². The first-order chi connectivity index (χ1) is 12.1. The lowest BCUT2D eigenvalue weighted by Gasteiger charge is -2.20. The molecule has 2 amide bonds. The molecule has 0 radical (unpaired) electrons. The topological polar surface area (TPSA) is 67.4 Å². The number of hydrogen-bond acceptors (Lipinski definition) is 3. The van der Waals surface area contributed by atoms with Crippen molar-refractivity contribution in [2.75, 3.05) is 11.9 Å². The fourth-order valence-corrected chi connectivity index (χ4v) is 2.79. The van der Waals surface area contributed by atoms with Crippen LogP contribution in [0.4, 0.5) is 5.69 Å². The van der Waals surface area contributed by atoms with Crippen LogP contribution in [0, 0.1) is 6.92 Å². The summed E-state index contributed by atoms with van der Waals surface area (Å²) in [4.78, 5) is 24.1. The van der Waals surface area contributed by atoms with Gasteiger partial charge in [0, 0.05) is 16.8 Å². The summed E-state index contributed by atoms with van der Waals surface area (Å²) < 4.78 is 6.32. The first-order valence-corrected chi connectivity index (χ1v) is 9.05. The summed E-state index contributed by atoms with van der Waals surface area (Å²) in [6, 6.07) is 12.4. The molecule has 0 atom stereocenters. The van der Waals surface area contributed by atoms with Crippen LogP contribution in [0.25, 0.3) is 0 Å². The number of carbonyl (C=O) groups is 2. The molecule has 0 aromatic heterocycles. The number of benzene rings is 2. The monoisotopic (exact) mass is 418 g/mol. The summed E-state index contributed by atoms with van der Waals surface area (Å²) in [5, 5.41) is 5.64. The van der Waals surface area contributed by atoms with Crippen molar-refractivity contribution in [2.45, 2.75) is 33.2 Å². The number of nitrogens with one attached hydrogen (secondary N) is 2. The number of aryl methyl sites for hydroxylation is 1. The fraction of sp³-hybridized carbons (Fsp3) is 0.300. The van der Waals surface area contributed by atoms with Crippen LogP contribution in [0.5, 0.6) is 5.75 Å². The van der Waals surface area contributed by atoms with Crippen LogP contribution in [0.3, 0.4) is 0 Å². The Hall–Kier alpha value is -2.34. The van der Waals surface area contributed by atoms with E-state index in [4.69, 9.17) is 4.74 Å². The van der Waals surface area contributed by atoms with Crippen molar-refractivity contribution in [3.05, 3.63) is 58.1 Å². The quantitative estimate of drug-likeness (QED) is 0.760. The first kappa shape index (κ1) is 20.0. The Morgan fingerprint density at radius 3 is 2.31 bits per heavy atom. The van der Waals surface area contributed by atoms with Crippen molar-refractivity contribution >= 4 is 33.4 Å². The SMILES string of the molecule is Cc1ccc(OCC(=O)Nc2ccc(C(=O)NC(C)(C)C)cc2)c(Br)c1. The Morgan fingerprint density at radius 2 is 1.73 bits per heavy atom. The fourth-order valence-electron chi connectivity index (χ4n) is 2.18. The molecule has 0 fully saturated rings. The highest BCUT2D eigenvalue weighted by atomic mass is 79.9. The molecule has 138 valence electrons. The molecule has 26 heavy (non-hydrogen) atoms. The standard InChI is InChI=1S/C20H23BrN2O3/c1-13-5-10-17(16(21)11-13)26-12-18(24)22-15-8-6-14(7-9-15)19(25)23-20(2,3)4/h5-11H,12H2,1-4H3,(H,22,24)(H,23,25). The third kappa shape index (κ3) is 6.19. The molecule has 0 heterocycles. The predicted octanol–water partition coefficient (Wildman–Crippen LogP) is 4.30. The molecule has 2 aromatic carbocycles. The van der Waals surface area contributed by atoms with Gasteiger partial charge in [-0.1, -0.05) is 6.07 Å². The largest absolute Gasteiger partial charge is 0.483 e. The molecule has 0 spiro atoms. The Labute approximate surface area is 162 Å². The van der Waals surface area contributed by atoms with Crippen LogP contribution in [-0.2, 0) is 4.79 Å². The first-order valence-electron chi connectivity index (χ1n) is 8.25. The van der Waals surface area contributed by atoms with E-state index in [-0.39, 0.29) is 24.0 Å². The number of amides is 2. The number of ether oxygens (including phenoxy) is 1. The summed E-state index contributed by atoms with van der Waals surface area (Å²) in [7, 11) is 0. The molecule has 2 N–H and O–H groups in total. The zero-order valence-corrected chi connectivity index (χ0v) is 16.9. The van der Waals surface area contributed by atoms with Crippen LogP contribution in [-0.4, -0.2) is 24.0 Å². The van der Waals surface area contributed by atoms with Crippen LogP contribution in [0.2, 0.25) is 0 Å². The normalized spacial score (nSPS) is 11.0. The summed E-state index contributed by atoms with van der Waals surface area (Å²) in [5.41, 5.74) is 1.95. The van der Waals surface area contributed by atoms with E-state index in [1.54, 1.807) is 24.3 Å². The van der Waals surface area contributed by atoms with Gasteiger partial charge in [-0.05, 0) is 85.6 Å². The van der Waals surface area contributed by atoms with Gasteiger partial charge in [0.05, 0.1) is 4.47 Å². The van der Waals surface area contributed by atoms with Gasteiger partial charge in [-0.3, -0.25) is 9.59 Å². The van der Waals surface area contributed by atoms with E-state index in [9.17, 15) is 9.59 Å². The molecular weight excluding hydrogens is 396 g/mol. The molecule has 0 aliphatic carbocycles. The molecule has 0 saturated carbocycles. The smallest absolute Gasteiger partial charge is 0.262 e. The molecule has 5 nitrogen and oxygen atoms in total. The van der Waals surface area contributed by atoms with Crippen molar-refractivity contribution in [3.63, 3.8) is 0 Å². The second kappa shape index (κ2) is 8.36. The number of hydrogen-bond donors (Lipinski definition) is 2. The average Bonchev–Trinajstić information content (AvgIpc) is 2.53. The molecule has 2 aromatic rings. The highest BCUT2D eigenvalue weighted by Gasteiger charge is 2.15. The number of halogens is 1. The van der Waals surface area contributed by atoms with Gasteiger partial charge < -0.3 is 15.4 Å². The molecule has 0 unspecified atom stereocenters. The van der Waals surface area contributed by atoms with Crippen LogP contribution >= 0.6 is 15.9 Å². The minimum atomic E-state index is -0.300. The van der Waals surface area contributed by atoms with Gasteiger partial charge in [-0.15, -0.1) is 0 Å². The van der Waals surface area contributed by atoms with Crippen LogP contribution in [0.1, 0.15) is 36.7 Å². The summed E-state index contributed by atoms with van der Waals surface area (Å²) >= 11 is 3.41. The summed E-state index contributed by atoms with van der Waals surface area (Å²) in [6.07, 6.45) is 0. The highest BCUT2D eigenvalue weighted by Crippen LogP contribution is 2.25. The number of rotatable bonds is 5. The van der Waals surface area contributed by atoms with Crippen LogP contribution in [0.15, 0.2) is 46.9 Å². The Morgan fingerprint density at radius 1 is 1.08 bits per heavy atom. The minimum absolute atomic E-state index is 0.103. The highest BCUT2D eigenvalue weighted by molar-refractivity contribution is 9.10. The zero-order valence-electron chi connectivity index (χ0n) is 15.4. The average molecular weight is 419 g/mol. The van der Waals surface area contributed by atoms with E-state index in [0.29, 0.717) is 17.0 Å². The summed E-state index contributed by atoms with van der Waals surface area (Å²) in [5.74, 6) is 0.187. The lowest BCUT2D eigenvalue weighted by molar-refractivity contribution is -0.118. The predicted molar refractivity (Wildman–Crippen MR) is 107 cm³/mol. The van der Waals surface area contributed by atoms with Crippen molar-refractivity contribution in [3.8, 4) is 5.75 Å². The third-order valence-corrected chi connectivity index (χ3v) is 3.99. The lowest BCUT2D eigenvalue weighted by Crippen LogP contribution is -2.40. The van der Waals surface area contributed by atoms with Crippen LogP contribution < -0.4 is 15.4 Å². The van der Waals surface area contributed by atoms with E-state index < -0.39 is 0 Å². The Kier molecular flexibility index (Phi) is 6.42. The Balaban J connectivity index is 1.90. The van der Waals surface area contributed by atoms with Gasteiger partial charge >= 0.3 is 0 Å². The molecule has 0 aliphatic heterocycles. The minimum Gasteiger partial charge on any atom is -0.483 e. The maximum atomic E-state index is 12.1. The molecule has 0 aliphatic rings. The second-order valence-corrected chi connectivity index (χ2v) is 7.91. The molecule has 6 heteroatoms. The zero-order chi connectivity index (χ0) is 19.3. The molecular formula is C20H23BrN2O3. The van der Waals surface area contributed by atoms with E-state index in [2.05, 4.69) is 26.6 Å². The van der Waals surface area contributed by atoms with E-state index >= 15 is 0 Å². The molecule has 0 bridgehead atoms.